The third-order valence-corrected chi connectivity index (χ3v) is 5.45. The summed E-state index contributed by atoms with van der Waals surface area (Å²) in [5.41, 5.74) is 0. The number of rotatable bonds is 5. The molecule has 1 saturated heterocycles. The molecule has 1 aliphatic rings. The lowest BCUT2D eigenvalue weighted by Gasteiger charge is -2.30. The number of carbonyl (C=O) groups excluding carboxylic acids is 1. The molecule has 0 unspecified atom stereocenters. The number of imidazole rings is 1. The average molecular weight is 300 g/mol. The van der Waals surface area contributed by atoms with Crippen molar-refractivity contribution in [3.8, 4) is 0 Å². The Labute approximate surface area is 118 Å². The van der Waals surface area contributed by atoms with Crippen LogP contribution in [-0.4, -0.2) is 47.4 Å². The number of amides is 1. The zero-order chi connectivity index (χ0) is 14.6. The van der Waals surface area contributed by atoms with E-state index >= 15 is 0 Å². The van der Waals surface area contributed by atoms with Crippen LogP contribution in [0.3, 0.4) is 0 Å². The molecule has 0 atom stereocenters. The van der Waals surface area contributed by atoms with Crippen LogP contribution in [0.5, 0.6) is 0 Å². The SMILES string of the molecule is CCS(=O)(=O)N1CCC(C(=O)NCc2ncc[nH]2)CC1. The number of hydrogen-bond acceptors (Lipinski definition) is 4. The van der Waals surface area contributed by atoms with Crippen LogP contribution < -0.4 is 5.32 Å². The third-order valence-electron chi connectivity index (χ3n) is 3.57. The van der Waals surface area contributed by atoms with Crippen LogP contribution in [0.1, 0.15) is 25.6 Å². The zero-order valence-electron chi connectivity index (χ0n) is 11.5. The van der Waals surface area contributed by atoms with Crippen molar-refractivity contribution in [3.05, 3.63) is 18.2 Å². The molecule has 2 rings (SSSR count). The number of hydrogen-bond donors (Lipinski definition) is 2. The molecular weight excluding hydrogens is 280 g/mol. The number of aromatic amines is 1. The highest BCUT2D eigenvalue weighted by Gasteiger charge is 2.29. The first-order valence-electron chi connectivity index (χ1n) is 6.76. The maximum atomic E-state index is 12.0. The molecule has 20 heavy (non-hydrogen) atoms. The fourth-order valence-electron chi connectivity index (χ4n) is 2.29. The number of sulfonamides is 1. The maximum absolute atomic E-state index is 12.0. The van der Waals surface area contributed by atoms with Crippen molar-refractivity contribution < 1.29 is 13.2 Å². The summed E-state index contributed by atoms with van der Waals surface area (Å²) in [5, 5.41) is 2.82. The molecule has 0 spiro atoms. The van der Waals surface area contributed by atoms with Crippen molar-refractivity contribution in [2.75, 3.05) is 18.8 Å². The normalized spacial score (nSPS) is 18.1. The van der Waals surface area contributed by atoms with Crippen LogP contribution in [0.2, 0.25) is 0 Å². The summed E-state index contributed by atoms with van der Waals surface area (Å²) in [7, 11) is -3.13. The van der Waals surface area contributed by atoms with E-state index in [0.717, 1.165) is 0 Å². The van der Waals surface area contributed by atoms with Gasteiger partial charge < -0.3 is 10.3 Å². The van der Waals surface area contributed by atoms with E-state index in [2.05, 4.69) is 15.3 Å². The standard InChI is InChI=1S/C12H20N4O3S/c1-2-20(18,19)16-7-3-10(4-8-16)12(17)15-9-11-13-5-6-14-11/h5-6,10H,2-4,7-9H2,1H3,(H,13,14)(H,15,17). The van der Waals surface area contributed by atoms with E-state index in [1.165, 1.54) is 4.31 Å². The first-order chi connectivity index (χ1) is 9.53. The number of nitrogens with one attached hydrogen (secondary N) is 2. The van der Waals surface area contributed by atoms with Gasteiger partial charge in [0.25, 0.3) is 0 Å². The lowest BCUT2D eigenvalue weighted by atomic mass is 9.97. The summed E-state index contributed by atoms with van der Waals surface area (Å²) in [5.74, 6) is 0.676. The zero-order valence-corrected chi connectivity index (χ0v) is 12.3. The first kappa shape index (κ1) is 15.0. The molecule has 1 fully saturated rings. The number of H-pyrrole nitrogens is 1. The molecule has 0 aromatic carbocycles. The van der Waals surface area contributed by atoms with Gasteiger partial charge in [0.1, 0.15) is 5.82 Å². The Bertz CT molecular complexity index is 533. The van der Waals surface area contributed by atoms with Crippen LogP contribution in [0, 0.1) is 5.92 Å². The van der Waals surface area contributed by atoms with Crippen molar-refractivity contribution in [3.63, 3.8) is 0 Å². The Morgan fingerprint density at radius 3 is 2.75 bits per heavy atom. The molecule has 0 radical (unpaired) electrons. The quantitative estimate of drug-likeness (QED) is 0.805. The molecular formula is C12H20N4O3S. The van der Waals surface area contributed by atoms with Crippen molar-refractivity contribution in [1.82, 2.24) is 19.6 Å². The number of piperidine rings is 1. The van der Waals surface area contributed by atoms with Crippen LogP contribution in [0.25, 0.3) is 0 Å². The highest BCUT2D eigenvalue weighted by molar-refractivity contribution is 7.89. The number of carbonyl (C=O) groups is 1. The molecule has 0 saturated carbocycles. The Kier molecular flexibility index (Phi) is 4.77. The van der Waals surface area contributed by atoms with E-state index < -0.39 is 10.0 Å². The minimum Gasteiger partial charge on any atom is -0.349 e. The highest BCUT2D eigenvalue weighted by Crippen LogP contribution is 2.20. The number of nitrogens with zero attached hydrogens (tertiary/aromatic N) is 2. The Hall–Kier alpha value is -1.41. The van der Waals surface area contributed by atoms with E-state index in [1.807, 2.05) is 0 Å². The lowest BCUT2D eigenvalue weighted by molar-refractivity contribution is -0.126. The first-order valence-corrected chi connectivity index (χ1v) is 8.37. The fraction of sp³-hybridized carbons (Fsp3) is 0.667. The van der Waals surface area contributed by atoms with Gasteiger partial charge in [0.05, 0.1) is 12.3 Å². The summed E-state index contributed by atoms with van der Waals surface area (Å²) in [4.78, 5) is 18.9. The minimum absolute atomic E-state index is 0.0325. The second-order valence-electron chi connectivity index (χ2n) is 4.83. The van der Waals surface area contributed by atoms with Gasteiger partial charge in [0.15, 0.2) is 0 Å². The van der Waals surface area contributed by atoms with Crippen molar-refractivity contribution >= 4 is 15.9 Å². The van der Waals surface area contributed by atoms with E-state index in [1.54, 1.807) is 19.3 Å². The Balaban J connectivity index is 1.80. The largest absolute Gasteiger partial charge is 0.349 e. The predicted molar refractivity (Wildman–Crippen MR) is 74.2 cm³/mol. The van der Waals surface area contributed by atoms with Gasteiger partial charge in [-0.15, -0.1) is 0 Å². The van der Waals surface area contributed by atoms with E-state index in [9.17, 15) is 13.2 Å². The molecule has 2 N–H and O–H groups in total. The van der Waals surface area contributed by atoms with Gasteiger partial charge in [0.2, 0.25) is 15.9 Å². The van der Waals surface area contributed by atoms with Gasteiger partial charge in [-0.05, 0) is 19.8 Å². The second kappa shape index (κ2) is 6.36. The second-order valence-corrected chi connectivity index (χ2v) is 7.09. The molecule has 0 aliphatic carbocycles. The summed E-state index contributed by atoms with van der Waals surface area (Å²) in [6.45, 7) is 2.86. The molecule has 1 aromatic rings. The van der Waals surface area contributed by atoms with E-state index in [-0.39, 0.29) is 17.6 Å². The van der Waals surface area contributed by atoms with Crippen molar-refractivity contribution in [1.29, 1.82) is 0 Å². The van der Waals surface area contributed by atoms with Crippen LogP contribution >= 0.6 is 0 Å². The van der Waals surface area contributed by atoms with Crippen molar-refractivity contribution in [2.24, 2.45) is 5.92 Å². The van der Waals surface area contributed by atoms with E-state index in [0.29, 0.717) is 38.3 Å². The highest BCUT2D eigenvalue weighted by atomic mass is 32.2. The summed E-state index contributed by atoms with van der Waals surface area (Å²) in [6, 6.07) is 0. The smallest absolute Gasteiger partial charge is 0.223 e. The van der Waals surface area contributed by atoms with Crippen molar-refractivity contribution in [2.45, 2.75) is 26.3 Å². The lowest BCUT2D eigenvalue weighted by Crippen LogP contribution is -2.43. The third kappa shape index (κ3) is 3.57. The molecule has 1 amide bonds. The molecule has 1 aliphatic heterocycles. The van der Waals surface area contributed by atoms with Gasteiger partial charge in [-0.1, -0.05) is 0 Å². The minimum atomic E-state index is -3.13. The maximum Gasteiger partial charge on any atom is 0.223 e. The summed E-state index contributed by atoms with van der Waals surface area (Å²) in [6.07, 6.45) is 4.48. The molecule has 2 heterocycles. The van der Waals surface area contributed by atoms with Gasteiger partial charge in [-0.25, -0.2) is 17.7 Å². The average Bonchev–Trinajstić information content (AvgIpc) is 2.98. The van der Waals surface area contributed by atoms with Crippen LogP contribution in [-0.2, 0) is 21.4 Å². The molecule has 112 valence electrons. The molecule has 7 nitrogen and oxygen atoms in total. The monoisotopic (exact) mass is 300 g/mol. The van der Waals surface area contributed by atoms with E-state index in [4.69, 9.17) is 0 Å². The molecule has 0 bridgehead atoms. The number of aromatic nitrogens is 2. The Morgan fingerprint density at radius 1 is 1.50 bits per heavy atom. The van der Waals surface area contributed by atoms with Gasteiger partial charge in [-0.3, -0.25) is 4.79 Å². The Morgan fingerprint density at radius 2 is 2.20 bits per heavy atom. The molecule has 1 aromatic heterocycles. The summed E-state index contributed by atoms with van der Waals surface area (Å²) < 4.78 is 24.9. The van der Waals surface area contributed by atoms with Gasteiger partial charge in [-0.2, -0.15) is 0 Å². The topological polar surface area (TPSA) is 95.2 Å². The van der Waals surface area contributed by atoms with Crippen LogP contribution in [0.4, 0.5) is 0 Å². The van der Waals surface area contributed by atoms with Crippen LogP contribution in [0.15, 0.2) is 12.4 Å². The molecule has 8 heteroatoms. The van der Waals surface area contributed by atoms with Gasteiger partial charge >= 0.3 is 0 Å². The predicted octanol–water partition coefficient (Wildman–Crippen LogP) is 0.0876. The van der Waals surface area contributed by atoms with Gasteiger partial charge in [0, 0.05) is 31.4 Å². The summed E-state index contributed by atoms with van der Waals surface area (Å²) >= 11 is 0. The fourth-order valence-corrected chi connectivity index (χ4v) is 3.42.